The Hall–Kier alpha value is -2.69. The van der Waals surface area contributed by atoms with Gasteiger partial charge in [-0.1, -0.05) is 48.5 Å². The number of carbonyl (C=O) groups is 2. The number of halogens is 1. The van der Waals surface area contributed by atoms with Crippen molar-refractivity contribution in [2.45, 2.75) is 18.6 Å². The zero-order chi connectivity index (χ0) is 16.8. The minimum atomic E-state index is -1.50. The zero-order valence-electron chi connectivity index (χ0n) is 12.9. The van der Waals surface area contributed by atoms with Crippen molar-refractivity contribution in [1.82, 2.24) is 4.90 Å². The predicted octanol–water partition coefficient (Wildman–Crippen LogP) is 2.71. The van der Waals surface area contributed by atoms with E-state index in [0.29, 0.717) is 11.1 Å². The van der Waals surface area contributed by atoms with Crippen molar-refractivity contribution in [2.24, 2.45) is 5.73 Å². The summed E-state index contributed by atoms with van der Waals surface area (Å²) in [7, 11) is 1.48. The molecular formula is C18H19FN2O2. The highest BCUT2D eigenvalue weighted by molar-refractivity contribution is 5.94. The molecule has 2 rings (SSSR count). The van der Waals surface area contributed by atoms with Crippen LogP contribution in [0.2, 0.25) is 0 Å². The summed E-state index contributed by atoms with van der Waals surface area (Å²) in [5, 5.41) is 0. The van der Waals surface area contributed by atoms with Gasteiger partial charge in [-0.3, -0.25) is 9.59 Å². The molecular weight excluding hydrogens is 295 g/mol. The number of hydrogen-bond donors (Lipinski definition) is 1. The van der Waals surface area contributed by atoms with Crippen molar-refractivity contribution in [3.05, 3.63) is 71.8 Å². The first-order valence-electron chi connectivity index (χ1n) is 7.30. The zero-order valence-corrected chi connectivity index (χ0v) is 12.9. The molecule has 0 aromatic heterocycles. The Labute approximate surface area is 134 Å². The van der Waals surface area contributed by atoms with E-state index >= 15 is 0 Å². The van der Waals surface area contributed by atoms with Gasteiger partial charge in [-0.25, -0.2) is 4.39 Å². The molecule has 2 unspecified atom stereocenters. The second kappa shape index (κ2) is 7.54. The van der Waals surface area contributed by atoms with Gasteiger partial charge in [0.15, 0.2) is 0 Å². The molecule has 2 atom stereocenters. The molecule has 0 aliphatic rings. The quantitative estimate of drug-likeness (QED) is 0.891. The summed E-state index contributed by atoms with van der Waals surface area (Å²) >= 11 is 0. The number of rotatable bonds is 6. The Balaban J connectivity index is 2.27. The van der Waals surface area contributed by atoms with Gasteiger partial charge >= 0.3 is 0 Å². The van der Waals surface area contributed by atoms with Gasteiger partial charge in [0.2, 0.25) is 5.91 Å². The highest BCUT2D eigenvalue weighted by Crippen LogP contribution is 2.27. The van der Waals surface area contributed by atoms with Gasteiger partial charge in [0.05, 0.1) is 6.04 Å². The number of likely N-dealkylation sites (N-methyl/N-ethyl adjacent to an activating group) is 1. The Morgan fingerprint density at radius 1 is 1.04 bits per heavy atom. The molecule has 2 aromatic rings. The maximum absolute atomic E-state index is 14.9. The number of hydrogen-bond acceptors (Lipinski definition) is 2. The van der Waals surface area contributed by atoms with Crippen LogP contribution in [0.3, 0.4) is 0 Å². The molecule has 4 nitrogen and oxygen atoms in total. The van der Waals surface area contributed by atoms with E-state index in [0.717, 1.165) is 0 Å². The molecule has 0 spiro atoms. The highest BCUT2D eigenvalue weighted by Gasteiger charge is 2.31. The van der Waals surface area contributed by atoms with Crippen LogP contribution in [-0.4, -0.2) is 29.8 Å². The third-order valence-electron chi connectivity index (χ3n) is 3.70. The molecule has 0 fully saturated rings. The third kappa shape index (κ3) is 4.16. The summed E-state index contributed by atoms with van der Waals surface area (Å²) in [6, 6.07) is 16.0. The smallest absolute Gasteiger partial charge is 0.253 e. The Morgan fingerprint density at radius 2 is 1.57 bits per heavy atom. The fourth-order valence-corrected chi connectivity index (χ4v) is 2.44. The molecule has 120 valence electrons. The molecule has 0 radical (unpaired) electrons. The van der Waals surface area contributed by atoms with Crippen LogP contribution in [0.4, 0.5) is 4.39 Å². The van der Waals surface area contributed by atoms with Crippen LogP contribution in [-0.2, 0) is 4.79 Å². The Bertz CT molecular complexity index is 661. The van der Waals surface area contributed by atoms with Crippen LogP contribution in [0.25, 0.3) is 0 Å². The highest BCUT2D eigenvalue weighted by atomic mass is 19.1. The topological polar surface area (TPSA) is 63.4 Å². The predicted molar refractivity (Wildman–Crippen MR) is 86.4 cm³/mol. The van der Waals surface area contributed by atoms with Crippen LogP contribution >= 0.6 is 0 Å². The molecule has 5 heteroatoms. The lowest BCUT2D eigenvalue weighted by Gasteiger charge is -2.30. The maximum atomic E-state index is 14.9. The molecule has 0 bridgehead atoms. The average molecular weight is 314 g/mol. The lowest BCUT2D eigenvalue weighted by Crippen LogP contribution is -2.42. The van der Waals surface area contributed by atoms with E-state index in [4.69, 9.17) is 5.73 Å². The summed E-state index contributed by atoms with van der Waals surface area (Å²) in [4.78, 5) is 25.1. The number of nitrogens with zero attached hydrogens (tertiary/aromatic N) is 1. The first-order valence-corrected chi connectivity index (χ1v) is 7.30. The van der Waals surface area contributed by atoms with Gasteiger partial charge in [-0.15, -0.1) is 0 Å². The van der Waals surface area contributed by atoms with E-state index < -0.39 is 18.1 Å². The molecule has 2 aromatic carbocycles. The lowest BCUT2D eigenvalue weighted by molar-refractivity contribution is -0.119. The molecule has 2 amide bonds. The van der Waals surface area contributed by atoms with Gasteiger partial charge in [0.25, 0.3) is 5.91 Å². The van der Waals surface area contributed by atoms with Crippen molar-refractivity contribution >= 4 is 11.8 Å². The third-order valence-corrected chi connectivity index (χ3v) is 3.70. The number of benzene rings is 2. The second-order valence-electron chi connectivity index (χ2n) is 5.33. The average Bonchev–Trinajstić information content (AvgIpc) is 2.59. The largest absolute Gasteiger partial charge is 0.370 e. The minimum Gasteiger partial charge on any atom is -0.370 e. The van der Waals surface area contributed by atoms with Gasteiger partial charge in [0, 0.05) is 19.0 Å². The van der Waals surface area contributed by atoms with Crippen molar-refractivity contribution < 1.29 is 14.0 Å². The molecule has 0 aliphatic heterocycles. The van der Waals surface area contributed by atoms with Crippen molar-refractivity contribution in [3.63, 3.8) is 0 Å². The van der Waals surface area contributed by atoms with E-state index in [1.807, 2.05) is 0 Å². The van der Waals surface area contributed by atoms with E-state index in [9.17, 15) is 14.0 Å². The normalized spacial score (nSPS) is 13.1. The first-order chi connectivity index (χ1) is 11.0. The summed E-state index contributed by atoms with van der Waals surface area (Å²) in [6.45, 7) is 0. The fraction of sp³-hybridized carbons (Fsp3) is 0.222. The van der Waals surface area contributed by atoms with Gasteiger partial charge in [-0.2, -0.15) is 0 Å². The maximum Gasteiger partial charge on any atom is 0.253 e. The van der Waals surface area contributed by atoms with Crippen molar-refractivity contribution in [1.29, 1.82) is 0 Å². The number of nitrogens with two attached hydrogens (primary N) is 1. The molecule has 0 heterocycles. The van der Waals surface area contributed by atoms with Crippen molar-refractivity contribution in [2.75, 3.05) is 7.05 Å². The van der Waals surface area contributed by atoms with Gasteiger partial charge in [0.1, 0.15) is 6.17 Å². The van der Waals surface area contributed by atoms with Crippen LogP contribution < -0.4 is 5.73 Å². The van der Waals surface area contributed by atoms with Crippen LogP contribution in [0.5, 0.6) is 0 Å². The van der Waals surface area contributed by atoms with Gasteiger partial charge in [-0.05, 0) is 17.7 Å². The van der Waals surface area contributed by atoms with Crippen LogP contribution in [0.15, 0.2) is 60.7 Å². The molecule has 0 aliphatic carbocycles. The first kappa shape index (κ1) is 16.7. The molecule has 0 saturated heterocycles. The van der Waals surface area contributed by atoms with Gasteiger partial charge < -0.3 is 10.6 Å². The van der Waals surface area contributed by atoms with Crippen LogP contribution in [0.1, 0.15) is 28.5 Å². The number of carbonyl (C=O) groups excluding carboxylic acids is 2. The van der Waals surface area contributed by atoms with E-state index in [2.05, 4.69) is 0 Å². The van der Waals surface area contributed by atoms with E-state index in [1.54, 1.807) is 60.7 Å². The van der Waals surface area contributed by atoms with E-state index in [1.165, 1.54) is 11.9 Å². The summed E-state index contributed by atoms with van der Waals surface area (Å²) in [5.74, 6) is -1.00. The molecule has 0 saturated carbocycles. The Morgan fingerprint density at radius 3 is 2.09 bits per heavy atom. The summed E-state index contributed by atoms with van der Waals surface area (Å²) in [5.41, 5.74) is 6.09. The number of primary amides is 1. The SMILES string of the molecule is CN(C(=O)c1ccccc1)C(CC(N)=O)C(F)c1ccccc1. The monoisotopic (exact) mass is 314 g/mol. The lowest BCUT2D eigenvalue weighted by atomic mass is 9.99. The number of amides is 2. The minimum absolute atomic E-state index is 0.245. The summed E-state index contributed by atoms with van der Waals surface area (Å²) in [6.07, 6.45) is -1.74. The Kier molecular flexibility index (Phi) is 5.46. The number of alkyl halides is 1. The molecule has 2 N–H and O–H groups in total. The fourth-order valence-electron chi connectivity index (χ4n) is 2.44. The van der Waals surface area contributed by atoms with E-state index in [-0.39, 0.29) is 12.3 Å². The summed E-state index contributed by atoms with van der Waals surface area (Å²) < 4.78 is 14.9. The van der Waals surface area contributed by atoms with Crippen molar-refractivity contribution in [3.8, 4) is 0 Å². The standard InChI is InChI=1S/C18H19FN2O2/c1-21(18(23)14-10-6-3-7-11-14)15(12-16(20)22)17(19)13-8-4-2-5-9-13/h2-11,15,17H,12H2,1H3,(H2,20,22). The second-order valence-corrected chi connectivity index (χ2v) is 5.33. The van der Waals surface area contributed by atoms with Crippen LogP contribution in [0, 0.1) is 0 Å². The molecule has 23 heavy (non-hydrogen) atoms.